The second-order valence-electron chi connectivity index (χ2n) is 10.6. The summed E-state index contributed by atoms with van der Waals surface area (Å²) in [4.78, 5) is 16.1. The summed E-state index contributed by atoms with van der Waals surface area (Å²) in [5, 5.41) is -2.39. The molecule has 0 fully saturated rings. The summed E-state index contributed by atoms with van der Waals surface area (Å²) >= 11 is 0. The van der Waals surface area contributed by atoms with Crippen molar-refractivity contribution in [1.29, 1.82) is 0 Å². The van der Waals surface area contributed by atoms with E-state index in [0.29, 0.717) is 24.9 Å². The molecule has 0 radical (unpaired) electrons. The van der Waals surface area contributed by atoms with Gasteiger partial charge in [0.15, 0.2) is 0 Å². The third kappa shape index (κ3) is 14.1. The van der Waals surface area contributed by atoms with Crippen LogP contribution in [0.3, 0.4) is 0 Å². The summed E-state index contributed by atoms with van der Waals surface area (Å²) < 4.78 is 82.9. The van der Waals surface area contributed by atoms with E-state index in [1.54, 1.807) is 24.8 Å². The van der Waals surface area contributed by atoms with Crippen LogP contribution in [0.4, 0.5) is 7.77 Å². The summed E-state index contributed by atoms with van der Waals surface area (Å²) in [5.74, 6) is 0.620. The Morgan fingerprint density at radius 1 is 0.587 bits per heavy atom. The van der Waals surface area contributed by atoms with Crippen LogP contribution in [0.5, 0.6) is 0 Å². The van der Waals surface area contributed by atoms with Crippen LogP contribution >= 0.6 is 0 Å². The maximum atomic E-state index is 13.4. The first-order chi connectivity index (χ1) is 21.9. The van der Waals surface area contributed by atoms with Crippen molar-refractivity contribution < 1.29 is 34.1 Å². The van der Waals surface area contributed by atoms with E-state index >= 15 is 0 Å². The van der Waals surface area contributed by atoms with Crippen LogP contribution in [0.2, 0.25) is 0 Å². The van der Waals surface area contributed by atoms with Gasteiger partial charge in [0.05, 0.1) is 13.2 Å². The summed E-state index contributed by atoms with van der Waals surface area (Å²) in [5.41, 5.74) is 3.68. The number of aryl methyl sites for hydroxylation is 2. The zero-order chi connectivity index (χ0) is 33.4. The largest absolute Gasteiger partial charge is 0.377 e. The van der Waals surface area contributed by atoms with Gasteiger partial charge in [-0.3, -0.25) is 0 Å². The second-order valence-corrected chi connectivity index (χ2v) is 13.8. The Kier molecular flexibility index (Phi) is 14.7. The van der Waals surface area contributed by atoms with Gasteiger partial charge in [-0.25, -0.2) is 19.9 Å². The number of halogens is 2. The Labute approximate surface area is 269 Å². The zero-order valence-corrected chi connectivity index (χ0v) is 27.3. The summed E-state index contributed by atoms with van der Waals surface area (Å²) in [6.07, 6.45) is 6.31. The Bertz CT molecular complexity index is 1540. The molecule has 2 atom stereocenters. The van der Waals surface area contributed by atoms with Crippen LogP contribution in [0.1, 0.15) is 46.7 Å². The predicted molar refractivity (Wildman–Crippen MR) is 170 cm³/mol. The molecular weight excluding hydrogens is 639 g/mol. The smallest absolute Gasteiger partial charge is 0.305 e. The Morgan fingerprint density at radius 2 is 0.913 bits per heavy atom. The molecule has 0 saturated carbocycles. The van der Waals surface area contributed by atoms with E-state index < -0.39 is 30.9 Å². The molecule has 0 bridgehead atoms. The summed E-state index contributed by atoms with van der Waals surface area (Å²) in [7, 11) is -9.36. The van der Waals surface area contributed by atoms with Crippen LogP contribution in [0.25, 0.3) is 0 Å². The maximum absolute atomic E-state index is 13.4. The molecule has 0 unspecified atom stereocenters. The van der Waals surface area contributed by atoms with E-state index in [2.05, 4.69) is 19.9 Å². The fourth-order valence-electron chi connectivity index (χ4n) is 4.10. The minimum absolute atomic E-state index is 0.0584. The van der Waals surface area contributed by atoms with Crippen molar-refractivity contribution in [3.8, 4) is 0 Å². The van der Waals surface area contributed by atoms with E-state index in [1.807, 2.05) is 74.5 Å². The van der Waals surface area contributed by atoms with Crippen LogP contribution in [-0.2, 0) is 56.0 Å². The highest BCUT2D eigenvalue weighted by atomic mass is 32.3. The van der Waals surface area contributed by atoms with E-state index in [-0.39, 0.29) is 38.9 Å². The van der Waals surface area contributed by atoms with Gasteiger partial charge in [-0.05, 0) is 48.9 Å². The quantitative estimate of drug-likeness (QED) is 0.115. The van der Waals surface area contributed by atoms with E-state index in [4.69, 9.17) is 9.47 Å². The lowest BCUT2D eigenvalue weighted by Gasteiger charge is -2.12. The second kappa shape index (κ2) is 18.4. The molecule has 2 aromatic carbocycles. The molecule has 0 amide bonds. The van der Waals surface area contributed by atoms with Crippen molar-refractivity contribution >= 4 is 20.4 Å². The van der Waals surface area contributed by atoms with Gasteiger partial charge in [-0.2, -0.15) is 16.8 Å². The van der Waals surface area contributed by atoms with Crippen molar-refractivity contribution in [1.82, 2.24) is 19.9 Å². The van der Waals surface area contributed by atoms with Crippen LogP contribution < -0.4 is 0 Å². The number of hydrogen-bond acceptors (Lipinski definition) is 10. The van der Waals surface area contributed by atoms with Crippen molar-refractivity contribution in [3.63, 3.8) is 0 Å². The molecule has 248 valence electrons. The van der Waals surface area contributed by atoms with Gasteiger partial charge in [0.25, 0.3) is 0 Å². The minimum Gasteiger partial charge on any atom is -0.377 e. The third-order valence-electron chi connectivity index (χ3n) is 6.68. The van der Waals surface area contributed by atoms with Gasteiger partial charge in [0, 0.05) is 50.8 Å². The predicted octanol–water partition coefficient (Wildman–Crippen LogP) is 5.20. The van der Waals surface area contributed by atoms with Crippen molar-refractivity contribution in [2.75, 3.05) is 13.2 Å². The van der Waals surface area contributed by atoms with E-state index in [0.717, 1.165) is 22.3 Å². The Hall–Kier alpha value is -3.72. The van der Waals surface area contributed by atoms with Gasteiger partial charge in [0.1, 0.15) is 22.1 Å². The van der Waals surface area contributed by atoms with Crippen molar-refractivity contribution in [2.24, 2.45) is 0 Å². The minimum atomic E-state index is -4.68. The van der Waals surface area contributed by atoms with Crippen LogP contribution in [0.15, 0.2) is 85.5 Å². The lowest BCUT2D eigenvalue weighted by atomic mass is 10.2. The third-order valence-corrected chi connectivity index (χ3v) is 9.07. The van der Waals surface area contributed by atoms with Gasteiger partial charge in [0.2, 0.25) is 0 Å². The maximum Gasteiger partial charge on any atom is 0.305 e. The number of rotatable bonds is 16. The molecule has 0 aliphatic rings. The lowest BCUT2D eigenvalue weighted by Crippen LogP contribution is -2.23. The standard InChI is InChI=1S/2C16H19FN2O3S/c2*1-13-10-18-16(19-11-13)9-15(23(17,20)21)7-8-22-12-14-5-3-2-4-6-14/h2*2-6,10-11,15H,7-9,12H2,1H3/t2*15-/m10/s1. The molecule has 2 heterocycles. The average Bonchev–Trinajstić information content (AvgIpc) is 3.02. The molecule has 0 saturated heterocycles. The molecule has 46 heavy (non-hydrogen) atoms. The zero-order valence-electron chi connectivity index (χ0n) is 25.7. The normalized spacial score (nSPS) is 13.0. The molecule has 14 heteroatoms. The Balaban J connectivity index is 0.000000250. The highest BCUT2D eigenvalue weighted by Crippen LogP contribution is 2.16. The number of benzene rings is 2. The van der Waals surface area contributed by atoms with Crippen LogP contribution in [0, 0.1) is 13.8 Å². The molecule has 0 spiro atoms. The summed E-state index contributed by atoms with van der Waals surface area (Å²) in [6.45, 7) is 4.67. The molecule has 2 aromatic heterocycles. The molecular formula is C32H38F2N4O6S2. The van der Waals surface area contributed by atoms with Crippen molar-refractivity contribution in [2.45, 2.75) is 63.2 Å². The lowest BCUT2D eigenvalue weighted by molar-refractivity contribution is 0.117. The molecule has 4 rings (SSSR count). The van der Waals surface area contributed by atoms with Crippen LogP contribution in [-0.4, -0.2) is 60.5 Å². The van der Waals surface area contributed by atoms with Gasteiger partial charge in [-0.15, -0.1) is 7.77 Å². The van der Waals surface area contributed by atoms with Gasteiger partial charge < -0.3 is 9.47 Å². The fourth-order valence-corrected chi connectivity index (χ4v) is 5.55. The molecule has 0 aliphatic carbocycles. The van der Waals surface area contributed by atoms with Crippen molar-refractivity contribution in [3.05, 3.63) is 119 Å². The fraction of sp³-hybridized carbons (Fsp3) is 0.375. The highest BCUT2D eigenvalue weighted by Gasteiger charge is 2.27. The molecule has 10 nitrogen and oxygen atoms in total. The monoisotopic (exact) mass is 676 g/mol. The molecule has 0 N–H and O–H groups in total. The van der Waals surface area contributed by atoms with Gasteiger partial charge in [-0.1, -0.05) is 60.7 Å². The molecule has 0 aliphatic heterocycles. The average molecular weight is 677 g/mol. The number of ether oxygens (including phenoxy) is 2. The number of hydrogen-bond donors (Lipinski definition) is 0. The molecule has 4 aromatic rings. The first-order valence-corrected chi connectivity index (χ1v) is 17.4. The number of nitrogens with zero attached hydrogens (tertiary/aromatic N) is 4. The topological polar surface area (TPSA) is 138 Å². The van der Waals surface area contributed by atoms with Gasteiger partial charge >= 0.3 is 20.4 Å². The SMILES string of the molecule is Cc1cnc(C[C@@H](CCOCc2ccccc2)S(=O)(=O)F)nc1.Cc1cnc(C[C@H](CCOCc2ccccc2)S(=O)(=O)F)nc1. The summed E-state index contributed by atoms with van der Waals surface area (Å²) in [6, 6.07) is 19.0. The first-order valence-electron chi connectivity index (χ1n) is 14.6. The number of aromatic nitrogens is 4. The van der Waals surface area contributed by atoms with E-state index in [1.165, 1.54) is 0 Å². The Morgan fingerprint density at radius 3 is 1.22 bits per heavy atom. The first kappa shape index (κ1) is 36.7. The van der Waals surface area contributed by atoms with E-state index in [9.17, 15) is 24.6 Å². The highest BCUT2D eigenvalue weighted by molar-refractivity contribution is 7.87.